The van der Waals surface area contributed by atoms with Gasteiger partial charge >= 0.3 is 0 Å². The number of rotatable bonds is 2. The number of nitrogens with zero attached hydrogens (tertiary/aromatic N) is 2. The standard InChI is InChI=1S/C21H13N3O2/c25-24(26)14-11-9-13(10-12-14)20-19-15-5-1-3-7-17(15)23-21(19)16-6-2-4-8-18(16)22-20/h1-12,23H. The van der Waals surface area contributed by atoms with E-state index in [1.54, 1.807) is 12.1 Å². The Hall–Kier alpha value is -3.73. The number of hydrogen-bond acceptors (Lipinski definition) is 3. The van der Waals surface area contributed by atoms with E-state index in [1.165, 1.54) is 12.1 Å². The molecule has 0 aliphatic heterocycles. The van der Waals surface area contributed by atoms with Crippen LogP contribution < -0.4 is 0 Å². The van der Waals surface area contributed by atoms with E-state index in [1.807, 2.05) is 36.4 Å². The van der Waals surface area contributed by atoms with Crippen LogP contribution in [0.3, 0.4) is 0 Å². The molecule has 5 aromatic rings. The number of benzene rings is 3. The summed E-state index contributed by atoms with van der Waals surface area (Å²) < 4.78 is 0. The monoisotopic (exact) mass is 339 g/mol. The molecule has 2 heterocycles. The van der Waals surface area contributed by atoms with Gasteiger partial charge in [-0.3, -0.25) is 10.1 Å². The second kappa shape index (κ2) is 5.39. The van der Waals surface area contributed by atoms with Gasteiger partial charge in [0.05, 0.1) is 21.7 Å². The number of H-pyrrole nitrogens is 1. The molecule has 2 aromatic heterocycles. The Balaban J connectivity index is 1.92. The first kappa shape index (κ1) is 14.6. The zero-order valence-corrected chi connectivity index (χ0v) is 13.6. The molecule has 0 spiro atoms. The van der Waals surface area contributed by atoms with Gasteiger partial charge in [-0.05, 0) is 24.3 Å². The molecule has 26 heavy (non-hydrogen) atoms. The lowest BCUT2D eigenvalue weighted by molar-refractivity contribution is -0.384. The quantitative estimate of drug-likeness (QED) is 0.343. The maximum Gasteiger partial charge on any atom is 0.269 e. The van der Waals surface area contributed by atoms with Crippen molar-refractivity contribution in [1.29, 1.82) is 0 Å². The summed E-state index contributed by atoms with van der Waals surface area (Å²) in [5.74, 6) is 0. The van der Waals surface area contributed by atoms with Gasteiger partial charge in [0, 0.05) is 39.4 Å². The Morgan fingerprint density at radius 1 is 0.846 bits per heavy atom. The highest BCUT2D eigenvalue weighted by molar-refractivity contribution is 6.20. The number of nitro benzene ring substituents is 1. The molecular weight excluding hydrogens is 326 g/mol. The fourth-order valence-corrected chi connectivity index (χ4v) is 3.50. The van der Waals surface area contributed by atoms with Crippen molar-refractivity contribution >= 4 is 38.4 Å². The van der Waals surface area contributed by atoms with Crippen molar-refractivity contribution in [3.63, 3.8) is 0 Å². The van der Waals surface area contributed by atoms with Crippen LogP contribution in [0.15, 0.2) is 72.8 Å². The SMILES string of the molecule is O=[N+]([O-])c1ccc(-c2nc3ccccc3c3[nH]c4ccccc4c23)cc1. The fourth-order valence-electron chi connectivity index (χ4n) is 3.50. The predicted molar refractivity (Wildman–Crippen MR) is 103 cm³/mol. The summed E-state index contributed by atoms with van der Waals surface area (Å²) in [5.41, 5.74) is 4.72. The smallest absolute Gasteiger partial charge is 0.269 e. The van der Waals surface area contributed by atoms with Crippen LogP contribution in [0.5, 0.6) is 0 Å². The number of non-ortho nitro benzene ring substituents is 1. The third-order valence-electron chi connectivity index (χ3n) is 4.70. The van der Waals surface area contributed by atoms with Crippen LogP contribution in [0.2, 0.25) is 0 Å². The maximum atomic E-state index is 11.0. The highest BCUT2D eigenvalue weighted by Gasteiger charge is 2.16. The van der Waals surface area contributed by atoms with Gasteiger partial charge in [-0.1, -0.05) is 36.4 Å². The minimum Gasteiger partial charge on any atom is -0.354 e. The van der Waals surface area contributed by atoms with Crippen molar-refractivity contribution in [1.82, 2.24) is 9.97 Å². The molecule has 5 rings (SSSR count). The van der Waals surface area contributed by atoms with Crippen LogP contribution in [0.1, 0.15) is 0 Å². The topological polar surface area (TPSA) is 71.8 Å². The van der Waals surface area contributed by atoms with E-state index in [0.29, 0.717) is 0 Å². The minimum atomic E-state index is -0.390. The fraction of sp³-hybridized carbons (Fsp3) is 0. The number of aromatic amines is 1. The molecule has 5 nitrogen and oxygen atoms in total. The van der Waals surface area contributed by atoms with Crippen LogP contribution in [-0.2, 0) is 0 Å². The zero-order valence-electron chi connectivity index (χ0n) is 13.6. The minimum absolute atomic E-state index is 0.0738. The van der Waals surface area contributed by atoms with Gasteiger partial charge in [0.15, 0.2) is 0 Å². The van der Waals surface area contributed by atoms with Crippen molar-refractivity contribution in [2.24, 2.45) is 0 Å². The summed E-state index contributed by atoms with van der Waals surface area (Å²) in [7, 11) is 0. The van der Waals surface area contributed by atoms with Crippen molar-refractivity contribution < 1.29 is 4.92 Å². The summed E-state index contributed by atoms with van der Waals surface area (Å²) in [6, 6.07) is 22.7. The molecular formula is C21H13N3O2. The molecule has 0 amide bonds. The molecule has 124 valence electrons. The van der Waals surface area contributed by atoms with Crippen molar-refractivity contribution in [2.45, 2.75) is 0 Å². The highest BCUT2D eigenvalue weighted by atomic mass is 16.6. The number of nitro groups is 1. The molecule has 1 N–H and O–H groups in total. The second-order valence-corrected chi connectivity index (χ2v) is 6.20. The Morgan fingerprint density at radius 3 is 2.31 bits per heavy atom. The van der Waals surface area contributed by atoms with E-state index >= 15 is 0 Å². The Kier molecular flexibility index (Phi) is 3.03. The molecule has 5 heteroatoms. The van der Waals surface area contributed by atoms with Gasteiger partial charge in [0.2, 0.25) is 0 Å². The lowest BCUT2D eigenvalue weighted by Crippen LogP contribution is -1.90. The summed E-state index contributed by atoms with van der Waals surface area (Å²) >= 11 is 0. The molecule has 0 atom stereocenters. The Labute approximate surface area is 148 Å². The van der Waals surface area contributed by atoms with Crippen molar-refractivity contribution in [2.75, 3.05) is 0 Å². The molecule has 0 bridgehead atoms. The average molecular weight is 339 g/mol. The van der Waals surface area contributed by atoms with E-state index in [0.717, 1.165) is 44.0 Å². The van der Waals surface area contributed by atoms with E-state index in [9.17, 15) is 10.1 Å². The number of fused-ring (bicyclic) bond motifs is 5. The van der Waals surface area contributed by atoms with E-state index in [2.05, 4.69) is 17.1 Å². The van der Waals surface area contributed by atoms with Crippen LogP contribution >= 0.6 is 0 Å². The molecule has 0 aliphatic carbocycles. The summed E-state index contributed by atoms with van der Waals surface area (Å²) in [5, 5.41) is 14.1. The third-order valence-corrected chi connectivity index (χ3v) is 4.70. The zero-order chi connectivity index (χ0) is 17.7. The van der Waals surface area contributed by atoms with Gasteiger partial charge in [-0.15, -0.1) is 0 Å². The Bertz CT molecular complexity index is 1300. The summed E-state index contributed by atoms with van der Waals surface area (Å²) in [6.45, 7) is 0. The van der Waals surface area contributed by atoms with E-state index in [4.69, 9.17) is 4.98 Å². The van der Waals surface area contributed by atoms with Gasteiger partial charge in [-0.25, -0.2) is 4.98 Å². The molecule has 0 saturated carbocycles. The molecule has 3 aromatic carbocycles. The largest absolute Gasteiger partial charge is 0.354 e. The molecule has 0 radical (unpaired) electrons. The summed E-state index contributed by atoms with van der Waals surface area (Å²) in [6.07, 6.45) is 0. The lowest BCUT2D eigenvalue weighted by Gasteiger charge is -2.07. The first-order chi connectivity index (χ1) is 12.7. The third kappa shape index (κ3) is 2.07. The number of aromatic nitrogens is 2. The highest BCUT2D eigenvalue weighted by Crippen LogP contribution is 2.37. The maximum absolute atomic E-state index is 11.0. The number of nitrogens with one attached hydrogen (secondary N) is 1. The van der Waals surface area contributed by atoms with Crippen molar-refractivity contribution in [3.05, 3.63) is 82.9 Å². The van der Waals surface area contributed by atoms with Gasteiger partial charge < -0.3 is 4.98 Å². The van der Waals surface area contributed by atoms with Crippen molar-refractivity contribution in [3.8, 4) is 11.3 Å². The molecule has 0 unspecified atom stereocenters. The van der Waals surface area contributed by atoms with Crippen LogP contribution in [0.25, 0.3) is 44.0 Å². The normalized spacial score (nSPS) is 11.4. The molecule has 0 fully saturated rings. The number of hydrogen-bond donors (Lipinski definition) is 1. The summed E-state index contributed by atoms with van der Waals surface area (Å²) in [4.78, 5) is 19.0. The second-order valence-electron chi connectivity index (χ2n) is 6.20. The van der Waals surface area contributed by atoms with Gasteiger partial charge in [-0.2, -0.15) is 0 Å². The van der Waals surface area contributed by atoms with Crippen LogP contribution in [-0.4, -0.2) is 14.9 Å². The predicted octanol–water partition coefficient (Wildman–Crippen LogP) is 5.44. The molecule has 0 aliphatic rings. The average Bonchev–Trinajstić information content (AvgIpc) is 3.07. The van der Waals surface area contributed by atoms with Crippen LogP contribution in [0, 0.1) is 10.1 Å². The van der Waals surface area contributed by atoms with Crippen LogP contribution in [0.4, 0.5) is 5.69 Å². The van der Waals surface area contributed by atoms with E-state index < -0.39 is 0 Å². The van der Waals surface area contributed by atoms with Gasteiger partial charge in [0.25, 0.3) is 5.69 Å². The molecule has 0 saturated heterocycles. The van der Waals surface area contributed by atoms with E-state index in [-0.39, 0.29) is 10.6 Å². The first-order valence-electron chi connectivity index (χ1n) is 8.26. The first-order valence-corrected chi connectivity index (χ1v) is 8.26. The van der Waals surface area contributed by atoms with Gasteiger partial charge in [0.1, 0.15) is 0 Å². The number of para-hydroxylation sites is 2. The lowest BCUT2D eigenvalue weighted by atomic mass is 10.0. The number of pyridine rings is 1. The Morgan fingerprint density at radius 2 is 1.54 bits per heavy atom.